The Labute approximate surface area is 244 Å². The lowest BCUT2D eigenvalue weighted by Gasteiger charge is -2.31. The molecule has 8 nitrogen and oxygen atoms in total. The minimum Gasteiger partial charge on any atom is -0.270 e. The van der Waals surface area contributed by atoms with E-state index in [4.69, 9.17) is 0 Å². The first-order valence-corrected chi connectivity index (χ1v) is 14.7. The molecule has 212 valence electrons. The number of benzene rings is 2. The van der Waals surface area contributed by atoms with Gasteiger partial charge in [0.1, 0.15) is 13.1 Å². The van der Waals surface area contributed by atoms with E-state index < -0.39 is 23.6 Å². The molecule has 0 bridgehead atoms. The second-order valence-corrected chi connectivity index (χ2v) is 11.1. The number of nitrogens with zero attached hydrogens (tertiary/aromatic N) is 4. The molecule has 2 aromatic heterocycles. The second kappa shape index (κ2) is 11.3. The first kappa shape index (κ1) is 27.4. The summed E-state index contributed by atoms with van der Waals surface area (Å²) in [5.74, 6) is -1.71. The molecule has 0 aliphatic carbocycles. The van der Waals surface area contributed by atoms with Crippen LogP contribution < -0.4 is 9.13 Å². The second-order valence-electron chi connectivity index (χ2n) is 11.1. The van der Waals surface area contributed by atoms with Crippen LogP contribution in [0.25, 0.3) is 10.8 Å². The fourth-order valence-electron chi connectivity index (χ4n) is 5.93. The van der Waals surface area contributed by atoms with Crippen LogP contribution in [0.5, 0.6) is 0 Å². The molecule has 4 amide bonds. The highest BCUT2D eigenvalue weighted by atomic mass is 16.2. The van der Waals surface area contributed by atoms with Crippen LogP contribution in [0.15, 0.2) is 73.3 Å². The van der Waals surface area contributed by atoms with Gasteiger partial charge in [-0.1, -0.05) is 26.7 Å². The van der Waals surface area contributed by atoms with Crippen molar-refractivity contribution in [3.05, 3.63) is 107 Å². The van der Waals surface area contributed by atoms with E-state index in [1.807, 2.05) is 49.1 Å². The zero-order valence-electron chi connectivity index (χ0n) is 24.0. The van der Waals surface area contributed by atoms with E-state index >= 15 is 0 Å². The van der Waals surface area contributed by atoms with Crippen molar-refractivity contribution >= 4 is 34.4 Å². The maximum atomic E-state index is 13.7. The molecule has 2 aromatic carbocycles. The van der Waals surface area contributed by atoms with E-state index in [-0.39, 0.29) is 13.1 Å². The van der Waals surface area contributed by atoms with Crippen LogP contribution in [0.4, 0.5) is 0 Å². The molecule has 4 heterocycles. The van der Waals surface area contributed by atoms with Gasteiger partial charge in [0.25, 0.3) is 23.6 Å². The fourth-order valence-corrected chi connectivity index (χ4v) is 5.93. The summed E-state index contributed by atoms with van der Waals surface area (Å²) < 4.78 is 4.14. The van der Waals surface area contributed by atoms with Crippen molar-refractivity contribution in [2.24, 2.45) is 0 Å². The SMILES string of the molecule is CCCC[n+]1cccc(CN2C(=O)c3ccc4c5c(ccc(c35)C2=O)C(=O)N(Cc2ccc[n+](CCCC)c2)C4=O)c1. The largest absolute Gasteiger partial charge is 0.270 e. The number of imide groups is 2. The van der Waals surface area contributed by atoms with Crippen LogP contribution in [-0.4, -0.2) is 33.4 Å². The lowest BCUT2D eigenvalue weighted by atomic mass is 9.85. The van der Waals surface area contributed by atoms with Gasteiger partial charge in [0, 0.05) is 69.1 Å². The van der Waals surface area contributed by atoms with Gasteiger partial charge in [-0.25, -0.2) is 9.13 Å². The van der Waals surface area contributed by atoms with E-state index in [0.717, 1.165) is 49.9 Å². The summed E-state index contributed by atoms with van der Waals surface area (Å²) in [5.41, 5.74) is 3.01. The molecule has 0 radical (unpaired) electrons. The molecule has 0 unspecified atom stereocenters. The van der Waals surface area contributed by atoms with Crippen LogP contribution in [0.1, 0.15) is 92.1 Å². The molecule has 0 atom stereocenters. The molecule has 0 N–H and O–H groups in total. The Morgan fingerprint density at radius 3 is 1.24 bits per heavy atom. The number of hydrogen-bond acceptors (Lipinski definition) is 4. The molecule has 0 saturated carbocycles. The first-order chi connectivity index (χ1) is 20.4. The summed E-state index contributed by atoms with van der Waals surface area (Å²) >= 11 is 0. The van der Waals surface area contributed by atoms with Crippen molar-refractivity contribution in [3.63, 3.8) is 0 Å². The number of aryl methyl sites for hydroxylation is 2. The van der Waals surface area contributed by atoms with Gasteiger partial charge in [-0.3, -0.25) is 29.0 Å². The Hall–Kier alpha value is -4.72. The Balaban J connectivity index is 1.33. The fraction of sp³-hybridized carbons (Fsp3) is 0.294. The number of pyridine rings is 2. The number of carbonyl (C=O) groups is 4. The molecule has 0 fully saturated rings. The lowest BCUT2D eigenvalue weighted by molar-refractivity contribution is -0.697. The standard InChI is InChI=1S/C34H34N4O4/c1-3-5-15-35-17-7-9-23(19-35)21-37-31(39)25-11-13-27-30-28(14-12-26(29(25)30)32(37)40)34(42)38(33(27)41)22-24-10-8-18-36(20-24)16-6-4-2/h7-14,17-20H,3-6,15-16,21-22H2,1-2H3/q+2. The van der Waals surface area contributed by atoms with Crippen LogP contribution in [0.2, 0.25) is 0 Å². The molecular formula is C34H34N4O4+2. The van der Waals surface area contributed by atoms with Gasteiger partial charge in [0.05, 0.1) is 13.1 Å². The monoisotopic (exact) mass is 562 g/mol. The van der Waals surface area contributed by atoms with Gasteiger partial charge in [0.15, 0.2) is 24.8 Å². The highest BCUT2D eigenvalue weighted by Crippen LogP contribution is 2.38. The molecule has 4 aromatic rings. The molecule has 42 heavy (non-hydrogen) atoms. The topological polar surface area (TPSA) is 82.5 Å². The zero-order chi connectivity index (χ0) is 29.4. The normalized spacial score (nSPS) is 14.3. The Kier molecular flexibility index (Phi) is 7.37. The van der Waals surface area contributed by atoms with Crippen molar-refractivity contribution in [3.8, 4) is 0 Å². The molecule has 0 spiro atoms. The summed E-state index contributed by atoms with van der Waals surface area (Å²) in [6.45, 7) is 6.26. The van der Waals surface area contributed by atoms with Gasteiger partial charge in [-0.2, -0.15) is 0 Å². The highest BCUT2D eigenvalue weighted by molar-refractivity contribution is 6.33. The van der Waals surface area contributed by atoms with E-state index in [1.54, 1.807) is 24.3 Å². The first-order valence-electron chi connectivity index (χ1n) is 14.7. The van der Waals surface area contributed by atoms with Crippen LogP contribution in [0, 0.1) is 0 Å². The third kappa shape index (κ3) is 4.76. The van der Waals surface area contributed by atoms with Gasteiger partial charge in [0.2, 0.25) is 0 Å². The smallest absolute Gasteiger partial charge is 0.261 e. The van der Waals surface area contributed by atoms with E-state index in [0.29, 0.717) is 33.0 Å². The minimum absolute atomic E-state index is 0.135. The van der Waals surface area contributed by atoms with Crippen molar-refractivity contribution in [2.45, 2.75) is 65.7 Å². The number of carbonyl (C=O) groups excluding carboxylic acids is 4. The Bertz CT molecular complexity index is 1560. The van der Waals surface area contributed by atoms with Crippen molar-refractivity contribution < 1.29 is 28.3 Å². The van der Waals surface area contributed by atoms with Gasteiger partial charge in [-0.15, -0.1) is 0 Å². The van der Waals surface area contributed by atoms with Gasteiger partial charge < -0.3 is 0 Å². The summed E-state index contributed by atoms with van der Waals surface area (Å²) in [6.07, 6.45) is 12.1. The van der Waals surface area contributed by atoms with E-state index in [9.17, 15) is 19.2 Å². The van der Waals surface area contributed by atoms with Crippen molar-refractivity contribution in [2.75, 3.05) is 0 Å². The maximum absolute atomic E-state index is 13.7. The number of amides is 4. The summed E-state index contributed by atoms with van der Waals surface area (Å²) in [7, 11) is 0. The number of aromatic nitrogens is 2. The van der Waals surface area contributed by atoms with Crippen LogP contribution in [0.3, 0.4) is 0 Å². The molecular weight excluding hydrogens is 528 g/mol. The van der Waals surface area contributed by atoms with Crippen molar-refractivity contribution in [1.82, 2.24) is 9.80 Å². The van der Waals surface area contributed by atoms with Crippen LogP contribution in [-0.2, 0) is 26.2 Å². The van der Waals surface area contributed by atoms with Crippen molar-refractivity contribution in [1.29, 1.82) is 0 Å². The number of rotatable bonds is 10. The van der Waals surface area contributed by atoms with Crippen LogP contribution >= 0.6 is 0 Å². The highest BCUT2D eigenvalue weighted by Gasteiger charge is 2.40. The Morgan fingerprint density at radius 2 is 0.905 bits per heavy atom. The molecule has 6 rings (SSSR count). The predicted molar refractivity (Wildman–Crippen MR) is 155 cm³/mol. The summed E-state index contributed by atoms with van der Waals surface area (Å²) in [6, 6.07) is 14.1. The average molecular weight is 563 g/mol. The quantitative estimate of drug-likeness (QED) is 0.209. The average Bonchev–Trinajstić information content (AvgIpc) is 3.01. The third-order valence-corrected chi connectivity index (χ3v) is 8.12. The number of hydrogen-bond donors (Lipinski definition) is 0. The van der Waals surface area contributed by atoms with E-state index in [2.05, 4.69) is 23.0 Å². The van der Waals surface area contributed by atoms with Gasteiger partial charge >= 0.3 is 0 Å². The predicted octanol–water partition coefficient (Wildman–Crippen LogP) is 4.61. The third-order valence-electron chi connectivity index (χ3n) is 8.12. The summed E-state index contributed by atoms with van der Waals surface area (Å²) in [4.78, 5) is 57.3. The molecule has 0 saturated heterocycles. The van der Waals surface area contributed by atoms with E-state index in [1.165, 1.54) is 9.80 Å². The lowest BCUT2D eigenvalue weighted by Crippen LogP contribution is -2.43. The molecule has 8 heteroatoms. The number of unbranched alkanes of at least 4 members (excludes halogenated alkanes) is 2. The zero-order valence-corrected chi connectivity index (χ0v) is 24.0. The Morgan fingerprint density at radius 1 is 0.548 bits per heavy atom. The summed E-state index contributed by atoms with van der Waals surface area (Å²) in [5, 5.41) is 0.779. The molecule has 2 aliphatic heterocycles. The maximum Gasteiger partial charge on any atom is 0.261 e. The van der Waals surface area contributed by atoms with Gasteiger partial charge in [-0.05, 0) is 36.4 Å². The minimum atomic E-state index is -0.427. The molecule has 2 aliphatic rings.